The summed E-state index contributed by atoms with van der Waals surface area (Å²) < 4.78 is 5.26. The maximum atomic E-state index is 12.4. The smallest absolute Gasteiger partial charge is 0.257 e. The third-order valence-electron chi connectivity index (χ3n) is 3.38. The minimum Gasteiger partial charge on any atom is -0.496 e. The monoisotopic (exact) mass is 267 g/mol. The first kappa shape index (κ1) is 13.2. The van der Waals surface area contributed by atoms with E-state index in [9.17, 15) is 4.79 Å². The highest BCUT2D eigenvalue weighted by atomic mass is 35.5. The van der Waals surface area contributed by atoms with E-state index >= 15 is 0 Å². The average Bonchev–Trinajstić information content (AvgIpc) is 2.86. The Bertz CT molecular complexity index is 447. The van der Waals surface area contributed by atoms with E-state index in [1.165, 1.54) is 0 Å². The van der Waals surface area contributed by atoms with Crippen molar-refractivity contribution in [3.8, 4) is 5.75 Å². The van der Waals surface area contributed by atoms with Gasteiger partial charge in [0.25, 0.3) is 5.91 Å². The Morgan fingerprint density at radius 3 is 2.94 bits per heavy atom. The van der Waals surface area contributed by atoms with E-state index in [0.29, 0.717) is 23.1 Å². The fraction of sp³-hybridized carbons (Fsp3) is 0.500. The maximum absolute atomic E-state index is 12.4. The van der Waals surface area contributed by atoms with Crippen LogP contribution in [0.25, 0.3) is 0 Å². The molecule has 1 aliphatic rings. The second-order valence-corrected chi connectivity index (χ2v) is 5.07. The second-order valence-electron chi connectivity index (χ2n) is 4.76. The molecule has 1 unspecified atom stereocenters. The summed E-state index contributed by atoms with van der Waals surface area (Å²) in [6, 6.07) is 5.67. The van der Waals surface area contributed by atoms with E-state index in [-0.39, 0.29) is 5.91 Å². The number of amides is 1. The van der Waals surface area contributed by atoms with Gasteiger partial charge in [0.2, 0.25) is 0 Å². The topological polar surface area (TPSA) is 29.5 Å². The minimum atomic E-state index is 0.0446. The minimum absolute atomic E-state index is 0.0446. The van der Waals surface area contributed by atoms with Gasteiger partial charge in [-0.1, -0.05) is 11.6 Å². The number of alkyl halides is 1. The fourth-order valence-electron chi connectivity index (χ4n) is 2.30. The largest absolute Gasteiger partial charge is 0.496 e. The highest BCUT2D eigenvalue weighted by Gasteiger charge is 2.27. The Morgan fingerprint density at radius 1 is 1.56 bits per heavy atom. The number of benzene rings is 1. The number of aryl methyl sites for hydroxylation is 1. The van der Waals surface area contributed by atoms with Gasteiger partial charge in [-0.3, -0.25) is 4.79 Å². The van der Waals surface area contributed by atoms with Gasteiger partial charge in [0.05, 0.1) is 12.7 Å². The molecule has 0 spiro atoms. The standard InChI is InChI=1S/C14H18ClNO2/c1-10-3-4-13(18-2)12(7-10)14(17)16-6-5-11(8-15)9-16/h3-4,7,11H,5-6,8-9H2,1-2H3. The predicted molar refractivity (Wildman–Crippen MR) is 72.5 cm³/mol. The number of methoxy groups -OCH3 is 1. The molecule has 1 heterocycles. The maximum Gasteiger partial charge on any atom is 0.257 e. The van der Waals surface area contributed by atoms with E-state index in [0.717, 1.165) is 25.1 Å². The normalized spacial score (nSPS) is 19.1. The number of carbonyl (C=O) groups is 1. The molecule has 0 radical (unpaired) electrons. The molecule has 3 nitrogen and oxygen atoms in total. The van der Waals surface area contributed by atoms with E-state index in [1.54, 1.807) is 7.11 Å². The van der Waals surface area contributed by atoms with Gasteiger partial charge in [-0.2, -0.15) is 0 Å². The van der Waals surface area contributed by atoms with Crippen LogP contribution in [-0.4, -0.2) is 36.9 Å². The summed E-state index contributed by atoms with van der Waals surface area (Å²) in [5.74, 6) is 1.73. The number of hydrogen-bond donors (Lipinski definition) is 0. The van der Waals surface area contributed by atoms with Gasteiger partial charge in [-0.05, 0) is 31.4 Å². The van der Waals surface area contributed by atoms with Crippen LogP contribution in [0.1, 0.15) is 22.3 Å². The van der Waals surface area contributed by atoms with Crippen LogP contribution in [0.3, 0.4) is 0 Å². The van der Waals surface area contributed by atoms with Crippen LogP contribution in [0.4, 0.5) is 0 Å². The van der Waals surface area contributed by atoms with Crippen LogP contribution in [0.2, 0.25) is 0 Å². The molecule has 18 heavy (non-hydrogen) atoms. The summed E-state index contributed by atoms with van der Waals surface area (Å²) in [6.07, 6.45) is 0.989. The molecule has 0 saturated carbocycles. The van der Waals surface area contributed by atoms with Gasteiger partial charge < -0.3 is 9.64 Å². The summed E-state index contributed by atoms with van der Waals surface area (Å²) in [7, 11) is 1.59. The Labute approximate surface area is 113 Å². The van der Waals surface area contributed by atoms with Crippen molar-refractivity contribution in [1.29, 1.82) is 0 Å². The van der Waals surface area contributed by atoms with Crippen LogP contribution in [-0.2, 0) is 0 Å². The number of halogens is 1. The molecule has 1 amide bonds. The quantitative estimate of drug-likeness (QED) is 0.788. The van der Waals surface area contributed by atoms with Crippen molar-refractivity contribution in [3.05, 3.63) is 29.3 Å². The van der Waals surface area contributed by atoms with Crippen LogP contribution >= 0.6 is 11.6 Å². The third kappa shape index (κ3) is 2.61. The number of likely N-dealkylation sites (tertiary alicyclic amines) is 1. The summed E-state index contributed by atoms with van der Waals surface area (Å²) in [5.41, 5.74) is 1.71. The molecular weight excluding hydrogens is 250 g/mol. The van der Waals surface area contributed by atoms with Crippen molar-refractivity contribution >= 4 is 17.5 Å². The van der Waals surface area contributed by atoms with Crippen molar-refractivity contribution in [2.45, 2.75) is 13.3 Å². The van der Waals surface area contributed by atoms with Crippen LogP contribution in [0.5, 0.6) is 5.75 Å². The summed E-state index contributed by atoms with van der Waals surface area (Å²) in [6.45, 7) is 3.51. The number of carbonyl (C=O) groups excluding carboxylic acids is 1. The Balaban J connectivity index is 2.21. The van der Waals surface area contributed by atoms with Crippen molar-refractivity contribution in [2.24, 2.45) is 5.92 Å². The lowest BCUT2D eigenvalue weighted by Crippen LogP contribution is -2.29. The summed E-state index contributed by atoms with van der Waals surface area (Å²) in [5, 5.41) is 0. The summed E-state index contributed by atoms with van der Waals surface area (Å²) >= 11 is 5.84. The highest BCUT2D eigenvalue weighted by molar-refractivity contribution is 6.18. The number of rotatable bonds is 3. The molecule has 1 aromatic rings. The first-order valence-electron chi connectivity index (χ1n) is 6.15. The van der Waals surface area contributed by atoms with Crippen LogP contribution in [0.15, 0.2) is 18.2 Å². The molecule has 1 aromatic carbocycles. The lowest BCUT2D eigenvalue weighted by molar-refractivity contribution is 0.0785. The van der Waals surface area contributed by atoms with E-state index in [1.807, 2.05) is 30.0 Å². The Morgan fingerprint density at radius 2 is 2.33 bits per heavy atom. The SMILES string of the molecule is COc1ccc(C)cc1C(=O)N1CCC(CCl)C1. The average molecular weight is 268 g/mol. The van der Waals surface area contributed by atoms with Crippen molar-refractivity contribution in [1.82, 2.24) is 4.90 Å². The van der Waals surface area contributed by atoms with E-state index < -0.39 is 0 Å². The van der Waals surface area contributed by atoms with Gasteiger partial charge >= 0.3 is 0 Å². The lowest BCUT2D eigenvalue weighted by Gasteiger charge is -2.18. The zero-order chi connectivity index (χ0) is 13.1. The first-order chi connectivity index (χ1) is 8.65. The lowest BCUT2D eigenvalue weighted by atomic mass is 10.1. The van der Waals surface area contributed by atoms with E-state index in [2.05, 4.69) is 0 Å². The molecule has 1 aliphatic heterocycles. The molecular formula is C14H18ClNO2. The fourth-order valence-corrected chi connectivity index (χ4v) is 2.55. The second kappa shape index (κ2) is 5.61. The van der Waals surface area contributed by atoms with Crippen LogP contribution in [0, 0.1) is 12.8 Å². The molecule has 1 fully saturated rings. The molecule has 98 valence electrons. The molecule has 0 aliphatic carbocycles. The third-order valence-corrected chi connectivity index (χ3v) is 3.81. The van der Waals surface area contributed by atoms with Crippen molar-refractivity contribution in [3.63, 3.8) is 0 Å². The zero-order valence-electron chi connectivity index (χ0n) is 10.8. The molecule has 1 saturated heterocycles. The van der Waals surface area contributed by atoms with Gasteiger partial charge in [0.15, 0.2) is 0 Å². The van der Waals surface area contributed by atoms with Crippen molar-refractivity contribution < 1.29 is 9.53 Å². The molecule has 0 aromatic heterocycles. The molecule has 0 bridgehead atoms. The predicted octanol–water partition coefficient (Wildman–Crippen LogP) is 2.70. The van der Waals surface area contributed by atoms with Crippen LogP contribution < -0.4 is 4.74 Å². The van der Waals surface area contributed by atoms with E-state index in [4.69, 9.17) is 16.3 Å². The van der Waals surface area contributed by atoms with Gasteiger partial charge in [-0.25, -0.2) is 0 Å². The Hall–Kier alpha value is -1.22. The highest BCUT2D eigenvalue weighted by Crippen LogP contribution is 2.25. The summed E-state index contributed by atoms with van der Waals surface area (Å²) in [4.78, 5) is 14.3. The zero-order valence-corrected chi connectivity index (χ0v) is 11.5. The van der Waals surface area contributed by atoms with Gasteiger partial charge in [-0.15, -0.1) is 11.6 Å². The molecule has 0 N–H and O–H groups in total. The molecule has 2 rings (SSSR count). The van der Waals surface area contributed by atoms with Gasteiger partial charge in [0.1, 0.15) is 5.75 Å². The molecule has 1 atom stereocenters. The number of ether oxygens (including phenoxy) is 1. The number of hydrogen-bond acceptors (Lipinski definition) is 2. The van der Waals surface area contributed by atoms with Gasteiger partial charge in [0, 0.05) is 19.0 Å². The first-order valence-corrected chi connectivity index (χ1v) is 6.69. The van der Waals surface area contributed by atoms with Crippen molar-refractivity contribution in [2.75, 3.05) is 26.1 Å². The molecule has 4 heteroatoms. The number of nitrogens with zero attached hydrogens (tertiary/aromatic N) is 1. The Kier molecular flexibility index (Phi) is 4.12.